The van der Waals surface area contributed by atoms with Gasteiger partial charge in [-0.3, -0.25) is 9.79 Å². The third-order valence-corrected chi connectivity index (χ3v) is 5.12. The molecule has 0 unspecified atom stereocenters. The number of ketones is 1. The molecule has 25 heavy (non-hydrogen) atoms. The Balaban J connectivity index is 1.81. The molecule has 2 aromatic rings. The number of benzene rings is 2. The highest BCUT2D eigenvalue weighted by Gasteiger charge is 2.38. The number of nitrogens with zero attached hydrogens (tertiary/aromatic N) is 2. The van der Waals surface area contributed by atoms with Crippen LogP contribution in [-0.2, 0) is 10.2 Å². The van der Waals surface area contributed by atoms with Crippen molar-refractivity contribution in [3.8, 4) is 0 Å². The lowest BCUT2D eigenvalue weighted by Crippen LogP contribution is -2.23. The number of carbonyl (C=O) groups excluding carboxylic acids is 1. The maximum absolute atomic E-state index is 12.4. The number of fused-ring (bicyclic) bond motifs is 2. The molecule has 3 heteroatoms. The van der Waals surface area contributed by atoms with Crippen molar-refractivity contribution in [2.24, 2.45) is 4.99 Å². The van der Waals surface area contributed by atoms with Gasteiger partial charge in [-0.05, 0) is 23.3 Å². The molecule has 0 bridgehead atoms. The highest BCUT2D eigenvalue weighted by atomic mass is 16.1. The van der Waals surface area contributed by atoms with Crippen LogP contribution in [0, 0.1) is 0 Å². The average molecular weight is 328 g/mol. The number of hydrogen-bond donors (Lipinski definition) is 0. The van der Waals surface area contributed by atoms with Crippen molar-refractivity contribution >= 4 is 23.3 Å². The van der Waals surface area contributed by atoms with Crippen molar-refractivity contribution in [3.05, 3.63) is 83.2 Å². The molecule has 4 rings (SSSR count). The molecule has 0 fully saturated rings. The van der Waals surface area contributed by atoms with E-state index in [0.717, 1.165) is 16.8 Å². The number of hydrogen-bond acceptors (Lipinski definition) is 3. The van der Waals surface area contributed by atoms with Crippen LogP contribution in [0.1, 0.15) is 30.5 Å². The average Bonchev–Trinajstić information content (AvgIpc) is 2.81. The first-order valence-electron chi connectivity index (χ1n) is 8.43. The standard InChI is InChI=1S/C22H20N2O/c1-22(2)17-10-6-7-11-18(17)24(3)20(22)14-23-21-16-9-5-4-8-15(16)12-13-19(21)25/h4-14H,1-3H3. The van der Waals surface area contributed by atoms with E-state index in [-0.39, 0.29) is 11.2 Å². The molecular formula is C22H20N2O. The highest BCUT2D eigenvalue weighted by molar-refractivity contribution is 6.52. The normalized spacial score (nSPS) is 20.9. The molecule has 0 N–H and O–H groups in total. The second kappa shape index (κ2) is 5.55. The Hall–Kier alpha value is -2.94. The van der Waals surface area contributed by atoms with E-state index in [1.165, 1.54) is 11.3 Å². The lowest BCUT2D eigenvalue weighted by molar-refractivity contribution is -0.108. The van der Waals surface area contributed by atoms with Crippen LogP contribution in [0.5, 0.6) is 0 Å². The minimum Gasteiger partial charge on any atom is -0.346 e. The zero-order valence-electron chi connectivity index (χ0n) is 14.7. The lowest BCUT2D eigenvalue weighted by atomic mass is 9.84. The number of para-hydroxylation sites is 1. The van der Waals surface area contributed by atoms with Gasteiger partial charge in [0.25, 0.3) is 0 Å². The van der Waals surface area contributed by atoms with Crippen LogP contribution in [0.4, 0.5) is 5.69 Å². The van der Waals surface area contributed by atoms with E-state index in [2.05, 4.69) is 49.0 Å². The van der Waals surface area contributed by atoms with Crippen LogP contribution in [0.15, 0.2) is 71.5 Å². The van der Waals surface area contributed by atoms with Crippen molar-refractivity contribution in [1.82, 2.24) is 0 Å². The van der Waals surface area contributed by atoms with Gasteiger partial charge in [0.2, 0.25) is 5.78 Å². The second-order valence-corrected chi connectivity index (χ2v) is 6.98. The van der Waals surface area contributed by atoms with Crippen molar-refractivity contribution in [1.29, 1.82) is 0 Å². The van der Waals surface area contributed by atoms with Crippen LogP contribution < -0.4 is 4.90 Å². The van der Waals surface area contributed by atoms with Gasteiger partial charge in [0, 0.05) is 35.6 Å². The summed E-state index contributed by atoms with van der Waals surface area (Å²) in [6.45, 7) is 4.38. The van der Waals surface area contributed by atoms with E-state index in [1.54, 1.807) is 6.08 Å². The van der Waals surface area contributed by atoms with Gasteiger partial charge >= 0.3 is 0 Å². The zero-order chi connectivity index (χ0) is 17.6. The molecule has 0 radical (unpaired) electrons. The maximum atomic E-state index is 12.4. The van der Waals surface area contributed by atoms with Crippen molar-refractivity contribution in [3.63, 3.8) is 0 Å². The Morgan fingerprint density at radius 2 is 1.72 bits per heavy atom. The topological polar surface area (TPSA) is 32.7 Å². The molecule has 2 aromatic carbocycles. The van der Waals surface area contributed by atoms with E-state index in [4.69, 9.17) is 0 Å². The fourth-order valence-corrected chi connectivity index (χ4v) is 3.72. The van der Waals surface area contributed by atoms with E-state index >= 15 is 0 Å². The fourth-order valence-electron chi connectivity index (χ4n) is 3.72. The third kappa shape index (κ3) is 2.35. The molecule has 0 amide bonds. The summed E-state index contributed by atoms with van der Waals surface area (Å²) >= 11 is 0. The number of rotatable bonds is 1. The Kier molecular flexibility index (Phi) is 3.46. The van der Waals surface area contributed by atoms with Gasteiger partial charge in [-0.1, -0.05) is 62.4 Å². The molecule has 0 saturated heterocycles. The van der Waals surface area contributed by atoms with Crippen LogP contribution in [-0.4, -0.2) is 18.5 Å². The molecule has 0 spiro atoms. The van der Waals surface area contributed by atoms with Gasteiger partial charge in [0.05, 0.1) is 0 Å². The molecule has 3 nitrogen and oxygen atoms in total. The van der Waals surface area contributed by atoms with Crippen LogP contribution in [0.25, 0.3) is 6.08 Å². The van der Waals surface area contributed by atoms with Crippen LogP contribution in [0.2, 0.25) is 0 Å². The number of aliphatic imine (C=N–C) groups is 1. The van der Waals surface area contributed by atoms with Gasteiger partial charge in [-0.2, -0.15) is 0 Å². The molecule has 124 valence electrons. The molecule has 1 aliphatic carbocycles. The number of anilines is 1. The van der Waals surface area contributed by atoms with E-state index in [1.807, 2.05) is 42.6 Å². The van der Waals surface area contributed by atoms with E-state index in [0.29, 0.717) is 5.71 Å². The monoisotopic (exact) mass is 328 g/mol. The first-order valence-corrected chi connectivity index (χ1v) is 8.43. The van der Waals surface area contributed by atoms with Crippen LogP contribution in [0.3, 0.4) is 0 Å². The van der Waals surface area contributed by atoms with Crippen molar-refractivity contribution in [2.45, 2.75) is 19.3 Å². The van der Waals surface area contributed by atoms with E-state index in [9.17, 15) is 4.79 Å². The fraction of sp³-hybridized carbons (Fsp3) is 0.182. The predicted molar refractivity (Wildman–Crippen MR) is 103 cm³/mol. The summed E-state index contributed by atoms with van der Waals surface area (Å²) < 4.78 is 0. The molecular weight excluding hydrogens is 308 g/mol. The smallest absolute Gasteiger partial charge is 0.204 e. The Labute approximate surface area is 148 Å². The summed E-state index contributed by atoms with van der Waals surface area (Å²) in [6.07, 6.45) is 5.30. The Bertz CT molecular complexity index is 963. The minimum atomic E-state index is -0.150. The molecule has 2 aliphatic rings. The molecule has 1 heterocycles. The summed E-state index contributed by atoms with van der Waals surface area (Å²) in [5, 5.41) is 0. The van der Waals surface area contributed by atoms with Gasteiger partial charge in [-0.25, -0.2) is 0 Å². The van der Waals surface area contributed by atoms with Crippen molar-refractivity contribution in [2.75, 3.05) is 11.9 Å². The van der Waals surface area contributed by atoms with Crippen molar-refractivity contribution < 1.29 is 4.79 Å². The first-order chi connectivity index (χ1) is 12.0. The van der Waals surface area contributed by atoms with E-state index < -0.39 is 0 Å². The van der Waals surface area contributed by atoms with Gasteiger partial charge in [0.1, 0.15) is 5.71 Å². The number of likely N-dealkylation sites (N-methyl/N-ethyl adjacent to an activating group) is 1. The third-order valence-electron chi connectivity index (χ3n) is 5.12. The highest BCUT2D eigenvalue weighted by Crippen LogP contribution is 2.46. The zero-order valence-corrected chi connectivity index (χ0v) is 14.7. The van der Waals surface area contributed by atoms with Gasteiger partial charge < -0.3 is 4.90 Å². The molecule has 0 atom stereocenters. The summed E-state index contributed by atoms with van der Waals surface area (Å²) in [5.41, 5.74) is 5.83. The van der Waals surface area contributed by atoms with Gasteiger partial charge in [-0.15, -0.1) is 0 Å². The lowest BCUT2D eigenvalue weighted by Gasteiger charge is -2.23. The predicted octanol–water partition coefficient (Wildman–Crippen LogP) is 4.34. The summed E-state index contributed by atoms with van der Waals surface area (Å²) in [4.78, 5) is 19.2. The maximum Gasteiger partial charge on any atom is 0.204 e. The first kappa shape index (κ1) is 15.6. The SMILES string of the molecule is CN1C(=CN=C2C(=O)C=Cc3ccccc32)C(C)(C)c2ccccc21. The van der Waals surface area contributed by atoms with Gasteiger partial charge in [0.15, 0.2) is 0 Å². The summed E-state index contributed by atoms with van der Waals surface area (Å²) in [7, 11) is 2.05. The molecule has 0 aromatic heterocycles. The Morgan fingerprint density at radius 1 is 1.00 bits per heavy atom. The van der Waals surface area contributed by atoms with Crippen LogP contribution >= 0.6 is 0 Å². The Morgan fingerprint density at radius 3 is 2.52 bits per heavy atom. The minimum absolute atomic E-state index is 0.0495. The summed E-state index contributed by atoms with van der Waals surface area (Å²) in [5.74, 6) is -0.0495. The number of carbonyl (C=O) groups is 1. The summed E-state index contributed by atoms with van der Waals surface area (Å²) in [6, 6.07) is 16.3. The molecule has 0 saturated carbocycles. The largest absolute Gasteiger partial charge is 0.346 e. The number of allylic oxidation sites excluding steroid dienone is 2. The second-order valence-electron chi connectivity index (χ2n) is 6.98. The molecule has 1 aliphatic heterocycles. The quantitative estimate of drug-likeness (QED) is 0.780.